The average molecular weight is 123 g/mol. The fourth-order valence-corrected chi connectivity index (χ4v) is 0.759. The minimum atomic E-state index is -0.137. The highest BCUT2D eigenvalue weighted by Gasteiger charge is 2.14. The van der Waals surface area contributed by atoms with Crippen molar-refractivity contribution >= 4 is 11.9 Å². The van der Waals surface area contributed by atoms with Gasteiger partial charge in [0.05, 0.1) is 11.9 Å². The fraction of sp³-hybridized carbons (Fsp3) is 1.00. The van der Waals surface area contributed by atoms with E-state index in [9.17, 15) is 0 Å². The van der Waals surface area contributed by atoms with Crippen molar-refractivity contribution in [1.82, 2.24) is 0 Å². The molecule has 1 aliphatic rings. The Morgan fingerprint density at radius 3 is 2.86 bits per heavy atom. The van der Waals surface area contributed by atoms with Crippen molar-refractivity contribution in [2.24, 2.45) is 0 Å². The highest BCUT2D eigenvalue weighted by molar-refractivity contribution is 6.07. The summed E-state index contributed by atoms with van der Waals surface area (Å²) in [6.07, 6.45) is 1.86. The van der Waals surface area contributed by atoms with Crippen LogP contribution in [0, 0.1) is 0 Å². The maximum atomic E-state index is 4.98. The van der Waals surface area contributed by atoms with Crippen LogP contribution < -0.4 is 0 Å². The third-order valence-electron chi connectivity index (χ3n) is 0.987. The highest BCUT2D eigenvalue weighted by atomic mass is 35.5. The zero-order chi connectivity index (χ0) is 5.11. The summed E-state index contributed by atoms with van der Waals surface area (Å²) in [5.74, 6) is 0. The molecule has 42 valence electrons. The Morgan fingerprint density at radius 1 is 1.71 bits per heavy atom. The molecule has 0 aromatic carbocycles. The van der Waals surface area contributed by atoms with E-state index in [1.165, 1.54) is 0 Å². The molecule has 1 saturated heterocycles. The van der Waals surface area contributed by atoms with E-state index in [1.54, 1.807) is 0 Å². The van der Waals surface area contributed by atoms with Crippen molar-refractivity contribution in [3.63, 3.8) is 0 Å². The number of ether oxygens (including phenoxy) is 1. The SMILES string of the molecule is ClOC1CCCO1. The third kappa shape index (κ3) is 1.30. The van der Waals surface area contributed by atoms with Crippen molar-refractivity contribution in [1.29, 1.82) is 0 Å². The zero-order valence-electron chi connectivity index (χ0n) is 3.89. The summed E-state index contributed by atoms with van der Waals surface area (Å²) in [4.78, 5) is 0. The molecule has 1 heterocycles. The van der Waals surface area contributed by atoms with E-state index >= 15 is 0 Å². The van der Waals surface area contributed by atoms with Crippen LogP contribution in [0.4, 0.5) is 0 Å². The second-order valence-corrected chi connectivity index (χ2v) is 1.71. The second-order valence-electron chi connectivity index (χ2n) is 1.53. The lowest BCUT2D eigenvalue weighted by Gasteiger charge is -1.99. The molecule has 2 nitrogen and oxygen atoms in total. The van der Waals surface area contributed by atoms with Crippen molar-refractivity contribution in [3.8, 4) is 0 Å². The van der Waals surface area contributed by atoms with E-state index < -0.39 is 0 Å². The van der Waals surface area contributed by atoms with Crippen LogP contribution in [0.15, 0.2) is 0 Å². The third-order valence-corrected chi connectivity index (χ3v) is 1.19. The van der Waals surface area contributed by atoms with Gasteiger partial charge in [0.25, 0.3) is 0 Å². The van der Waals surface area contributed by atoms with Gasteiger partial charge in [-0.2, -0.15) is 0 Å². The van der Waals surface area contributed by atoms with Crippen molar-refractivity contribution in [3.05, 3.63) is 0 Å². The molecule has 0 amide bonds. The Hall–Kier alpha value is 0.210. The molecular weight excluding hydrogens is 115 g/mol. The van der Waals surface area contributed by atoms with Gasteiger partial charge < -0.3 is 4.74 Å². The van der Waals surface area contributed by atoms with Gasteiger partial charge in [0, 0.05) is 13.0 Å². The first-order valence-electron chi connectivity index (χ1n) is 2.32. The van der Waals surface area contributed by atoms with Gasteiger partial charge in [0.15, 0.2) is 6.29 Å². The van der Waals surface area contributed by atoms with Gasteiger partial charge in [-0.05, 0) is 6.42 Å². The standard InChI is InChI=1S/C4H7ClO2/c5-7-4-2-1-3-6-4/h4H,1-3H2. The summed E-state index contributed by atoms with van der Waals surface area (Å²) < 4.78 is 9.31. The maximum absolute atomic E-state index is 4.98. The van der Waals surface area contributed by atoms with Crippen LogP contribution in [-0.2, 0) is 9.03 Å². The van der Waals surface area contributed by atoms with Gasteiger partial charge in [-0.15, -0.1) is 0 Å². The van der Waals surface area contributed by atoms with Crippen LogP contribution in [0.1, 0.15) is 12.8 Å². The monoisotopic (exact) mass is 122 g/mol. The number of hydrogen-bond acceptors (Lipinski definition) is 2. The molecule has 1 aliphatic heterocycles. The van der Waals surface area contributed by atoms with Crippen LogP contribution in [0.25, 0.3) is 0 Å². The van der Waals surface area contributed by atoms with E-state index in [1.807, 2.05) is 0 Å². The summed E-state index contributed by atoms with van der Waals surface area (Å²) >= 11 is 4.98. The smallest absolute Gasteiger partial charge is 0.177 e. The van der Waals surface area contributed by atoms with Gasteiger partial charge in [-0.1, -0.05) is 0 Å². The van der Waals surface area contributed by atoms with Crippen molar-refractivity contribution in [2.75, 3.05) is 6.61 Å². The molecule has 1 fully saturated rings. The molecule has 0 spiro atoms. The van der Waals surface area contributed by atoms with Crippen molar-refractivity contribution in [2.45, 2.75) is 19.1 Å². The van der Waals surface area contributed by atoms with Gasteiger partial charge in [-0.3, -0.25) is 0 Å². The van der Waals surface area contributed by atoms with Gasteiger partial charge in [0.1, 0.15) is 0 Å². The molecule has 0 radical (unpaired) electrons. The van der Waals surface area contributed by atoms with Gasteiger partial charge in [-0.25, -0.2) is 4.29 Å². The number of hydrogen-bond donors (Lipinski definition) is 0. The largest absolute Gasteiger partial charge is 0.351 e. The molecule has 0 aliphatic carbocycles. The lowest BCUT2D eigenvalue weighted by molar-refractivity contribution is -0.0335. The zero-order valence-corrected chi connectivity index (χ0v) is 4.65. The van der Waals surface area contributed by atoms with Crippen molar-refractivity contribution < 1.29 is 9.03 Å². The first-order chi connectivity index (χ1) is 3.43. The molecular formula is C4H7ClO2. The molecule has 0 aromatic rings. The summed E-state index contributed by atoms with van der Waals surface area (Å²) in [5.41, 5.74) is 0. The van der Waals surface area contributed by atoms with Crippen LogP contribution in [0.5, 0.6) is 0 Å². The molecule has 7 heavy (non-hydrogen) atoms. The molecule has 0 aromatic heterocycles. The predicted octanol–water partition coefficient (Wildman–Crippen LogP) is 1.29. The molecule has 0 bridgehead atoms. The maximum Gasteiger partial charge on any atom is 0.177 e. The van der Waals surface area contributed by atoms with E-state index in [0.29, 0.717) is 0 Å². The normalized spacial score (nSPS) is 31.3. The summed E-state index contributed by atoms with van der Waals surface area (Å²) in [6, 6.07) is 0. The predicted molar refractivity (Wildman–Crippen MR) is 25.9 cm³/mol. The Morgan fingerprint density at radius 2 is 2.57 bits per heavy atom. The number of halogens is 1. The first kappa shape index (κ1) is 5.35. The first-order valence-corrected chi connectivity index (χ1v) is 2.63. The molecule has 0 saturated carbocycles. The van der Waals surface area contributed by atoms with Crippen LogP contribution in [0.3, 0.4) is 0 Å². The molecule has 1 unspecified atom stereocenters. The summed E-state index contributed by atoms with van der Waals surface area (Å²) in [7, 11) is 0. The lowest BCUT2D eigenvalue weighted by Crippen LogP contribution is -2.02. The van der Waals surface area contributed by atoms with Gasteiger partial charge in [0.2, 0.25) is 0 Å². The van der Waals surface area contributed by atoms with Gasteiger partial charge >= 0.3 is 0 Å². The molecule has 1 rings (SSSR count). The van der Waals surface area contributed by atoms with Crippen LogP contribution in [0.2, 0.25) is 0 Å². The van der Waals surface area contributed by atoms with Crippen LogP contribution in [-0.4, -0.2) is 12.9 Å². The molecule has 0 N–H and O–H groups in total. The van der Waals surface area contributed by atoms with E-state index in [0.717, 1.165) is 19.4 Å². The minimum Gasteiger partial charge on any atom is -0.351 e. The summed E-state index contributed by atoms with van der Waals surface area (Å²) in [6.45, 7) is 0.789. The molecule has 3 heteroatoms. The quantitative estimate of drug-likeness (QED) is 0.522. The van der Waals surface area contributed by atoms with E-state index in [2.05, 4.69) is 4.29 Å². The van der Waals surface area contributed by atoms with E-state index in [4.69, 9.17) is 16.6 Å². The second kappa shape index (κ2) is 2.50. The highest BCUT2D eigenvalue weighted by Crippen LogP contribution is 2.13. The molecule has 1 atom stereocenters. The fourth-order valence-electron chi connectivity index (χ4n) is 0.618. The Balaban J connectivity index is 2.14. The van der Waals surface area contributed by atoms with E-state index in [-0.39, 0.29) is 6.29 Å². The summed E-state index contributed by atoms with van der Waals surface area (Å²) in [5, 5.41) is 0. The Bertz CT molecular complexity index is 51.7. The minimum absolute atomic E-state index is 0.137. The lowest BCUT2D eigenvalue weighted by atomic mass is 10.4. The topological polar surface area (TPSA) is 18.5 Å². The Labute approximate surface area is 47.5 Å². The average Bonchev–Trinajstić information content (AvgIpc) is 2.14. The Kier molecular flexibility index (Phi) is 1.91. The van der Waals surface area contributed by atoms with Crippen LogP contribution >= 0.6 is 11.9 Å². The number of rotatable bonds is 1.